The number of benzene rings is 3. The molecule has 10 nitrogen and oxygen atoms in total. The molecule has 0 bridgehead atoms. The van der Waals surface area contributed by atoms with Crippen LogP contribution in [0, 0.1) is 5.82 Å². The second-order valence-corrected chi connectivity index (χ2v) is 10.7. The molecule has 0 spiro atoms. The Morgan fingerprint density at radius 1 is 1.07 bits per heavy atom. The van der Waals surface area contributed by atoms with Gasteiger partial charge in [0.2, 0.25) is 0 Å². The average molecular weight is 568 g/mol. The van der Waals surface area contributed by atoms with Gasteiger partial charge in [-0.25, -0.2) is 14.4 Å². The van der Waals surface area contributed by atoms with Gasteiger partial charge in [-0.15, -0.1) is 0 Å². The van der Waals surface area contributed by atoms with Crippen LogP contribution in [0.4, 0.5) is 4.39 Å². The highest BCUT2D eigenvalue weighted by molar-refractivity contribution is 6.31. The van der Waals surface area contributed by atoms with Gasteiger partial charge in [0.05, 0.1) is 22.6 Å². The third-order valence-electron chi connectivity index (χ3n) is 8.09. The summed E-state index contributed by atoms with van der Waals surface area (Å²) in [6, 6.07) is 16.1. The fourth-order valence-electron chi connectivity index (χ4n) is 6.28. The summed E-state index contributed by atoms with van der Waals surface area (Å²) >= 11 is 6.20. The molecule has 12 heteroatoms. The maximum Gasteiger partial charge on any atom is 0.254 e. The number of H-pyrrole nitrogens is 1. The highest BCUT2D eigenvalue weighted by atomic mass is 35.5. The molecule has 0 unspecified atom stereocenters. The van der Waals surface area contributed by atoms with Crippen molar-refractivity contribution in [3.05, 3.63) is 99.4 Å². The van der Waals surface area contributed by atoms with E-state index in [0.717, 1.165) is 23.1 Å². The maximum absolute atomic E-state index is 15.2. The van der Waals surface area contributed by atoms with Crippen LogP contribution in [0.25, 0.3) is 44.3 Å². The number of rotatable bonds is 5. The Labute approximate surface area is 238 Å². The second kappa shape index (κ2) is 10.0. The maximum atomic E-state index is 15.2. The van der Waals surface area contributed by atoms with E-state index in [0.29, 0.717) is 52.7 Å². The molecule has 3 aromatic carbocycles. The Morgan fingerprint density at radius 2 is 1.93 bits per heavy atom. The van der Waals surface area contributed by atoms with E-state index in [1.54, 1.807) is 35.2 Å². The van der Waals surface area contributed by atoms with E-state index in [-0.39, 0.29) is 11.9 Å². The molecule has 41 heavy (non-hydrogen) atoms. The molecule has 1 saturated carbocycles. The van der Waals surface area contributed by atoms with Gasteiger partial charge in [-0.2, -0.15) is 5.10 Å². The van der Waals surface area contributed by atoms with Crippen LogP contribution in [0.2, 0.25) is 5.02 Å². The van der Waals surface area contributed by atoms with Gasteiger partial charge in [-0.05, 0) is 72.8 Å². The number of fused-ring (bicyclic) bond motifs is 2. The lowest BCUT2D eigenvalue weighted by Crippen LogP contribution is -2.48. The standard InChI is InChI=1S/C29H23ClFN9O/c30-18-10-8-17-14-39(29(41)20(17)13-18)23-6-3-7-24(26(23)36-38-32)40-25-12-16(27-33-15-34-37-27)9-11-22(25)35-28(40)19-4-1-2-5-21(19)31/h1-2,4-5,8-13,15,23-24,26H,3,6-7,14H2,(H,33,34,37)/t23-,24+,26+/m0/s1. The summed E-state index contributed by atoms with van der Waals surface area (Å²) in [4.78, 5) is 27.7. The lowest BCUT2D eigenvalue weighted by molar-refractivity contribution is 0.0587. The van der Waals surface area contributed by atoms with Gasteiger partial charge in [0.15, 0.2) is 5.82 Å². The van der Waals surface area contributed by atoms with E-state index < -0.39 is 17.9 Å². The van der Waals surface area contributed by atoms with Crippen LogP contribution < -0.4 is 0 Å². The lowest BCUT2D eigenvalue weighted by Gasteiger charge is -2.41. The number of azide groups is 1. The summed E-state index contributed by atoms with van der Waals surface area (Å²) in [5, 5.41) is 11.7. The molecule has 3 heterocycles. The number of hydrogen-bond acceptors (Lipinski definition) is 5. The first kappa shape index (κ1) is 25.3. The zero-order chi connectivity index (χ0) is 28.1. The Bertz CT molecular complexity index is 1850. The lowest BCUT2D eigenvalue weighted by atomic mass is 9.84. The van der Waals surface area contributed by atoms with Crippen molar-refractivity contribution in [3.8, 4) is 22.8 Å². The smallest absolute Gasteiger partial charge is 0.254 e. The van der Waals surface area contributed by atoms with Crippen molar-refractivity contribution in [2.75, 3.05) is 0 Å². The first-order chi connectivity index (χ1) is 20.0. The van der Waals surface area contributed by atoms with Gasteiger partial charge in [-0.1, -0.05) is 34.9 Å². The highest BCUT2D eigenvalue weighted by Crippen LogP contribution is 2.42. The molecule has 1 amide bonds. The van der Waals surface area contributed by atoms with E-state index in [2.05, 4.69) is 25.2 Å². The Morgan fingerprint density at radius 3 is 2.73 bits per heavy atom. The molecule has 0 saturated heterocycles. The van der Waals surface area contributed by atoms with Gasteiger partial charge >= 0.3 is 0 Å². The van der Waals surface area contributed by atoms with Crippen LogP contribution in [0.3, 0.4) is 0 Å². The molecular formula is C29H23ClFN9O. The molecule has 0 radical (unpaired) electrons. The summed E-state index contributed by atoms with van der Waals surface area (Å²) in [5.41, 5.74) is 13.7. The van der Waals surface area contributed by atoms with Crippen LogP contribution in [-0.4, -0.2) is 47.6 Å². The van der Waals surface area contributed by atoms with Crippen LogP contribution in [-0.2, 0) is 6.54 Å². The third-order valence-corrected chi connectivity index (χ3v) is 8.32. The topological polar surface area (TPSA) is 128 Å². The minimum atomic E-state index is -0.627. The highest BCUT2D eigenvalue weighted by Gasteiger charge is 2.43. The number of aromatic amines is 1. The number of hydrogen-bond donors (Lipinski definition) is 1. The minimum absolute atomic E-state index is 0.136. The zero-order valence-corrected chi connectivity index (χ0v) is 22.4. The quantitative estimate of drug-likeness (QED) is 0.144. The Kier molecular flexibility index (Phi) is 6.18. The predicted octanol–water partition coefficient (Wildman–Crippen LogP) is 6.71. The Balaban J connectivity index is 1.39. The van der Waals surface area contributed by atoms with E-state index in [4.69, 9.17) is 16.6 Å². The number of carbonyl (C=O) groups excluding carboxylic acids is 1. The molecule has 204 valence electrons. The van der Waals surface area contributed by atoms with Gasteiger partial charge in [0, 0.05) is 39.7 Å². The van der Waals surface area contributed by atoms with Crippen molar-refractivity contribution in [3.63, 3.8) is 0 Å². The number of nitrogens with zero attached hydrogens (tertiary/aromatic N) is 8. The van der Waals surface area contributed by atoms with Crippen molar-refractivity contribution in [2.24, 2.45) is 5.11 Å². The van der Waals surface area contributed by atoms with Crippen molar-refractivity contribution < 1.29 is 9.18 Å². The van der Waals surface area contributed by atoms with E-state index in [9.17, 15) is 10.3 Å². The molecule has 2 aromatic heterocycles. The summed E-state index contributed by atoms with van der Waals surface area (Å²) in [6.45, 7) is 0.403. The summed E-state index contributed by atoms with van der Waals surface area (Å²) in [5.74, 6) is 0.395. The number of amides is 1. The first-order valence-corrected chi connectivity index (χ1v) is 13.7. The average Bonchev–Trinajstić information content (AvgIpc) is 3.72. The molecule has 1 N–H and O–H groups in total. The SMILES string of the molecule is [N-]=[N+]=N[C@H]1[C@H](n2c(-c3ccccc3F)nc3ccc(-c4nc[nH]n4)cc32)CCC[C@@H]1N1Cc2ccc(Cl)cc2C1=O. The van der Waals surface area contributed by atoms with Gasteiger partial charge in [0.1, 0.15) is 18.0 Å². The van der Waals surface area contributed by atoms with Gasteiger partial charge < -0.3 is 9.47 Å². The molecule has 2 aliphatic rings. The molecule has 7 rings (SSSR count). The summed E-state index contributed by atoms with van der Waals surface area (Å²) in [6.07, 6.45) is 3.59. The van der Waals surface area contributed by atoms with Crippen LogP contribution in [0.5, 0.6) is 0 Å². The normalized spacial score (nSPS) is 20.3. The van der Waals surface area contributed by atoms with Crippen molar-refractivity contribution in [2.45, 2.75) is 43.9 Å². The number of nitrogens with one attached hydrogen (secondary N) is 1. The van der Waals surface area contributed by atoms with E-state index in [1.807, 2.05) is 28.8 Å². The third kappa shape index (κ3) is 4.21. The van der Waals surface area contributed by atoms with Gasteiger partial charge in [-0.3, -0.25) is 9.89 Å². The largest absolute Gasteiger partial charge is 0.331 e. The molecule has 1 fully saturated rings. The molecule has 5 aromatic rings. The first-order valence-electron chi connectivity index (χ1n) is 13.3. The summed E-state index contributed by atoms with van der Waals surface area (Å²) < 4.78 is 17.2. The molecule has 3 atom stereocenters. The molecular weight excluding hydrogens is 545 g/mol. The fourth-order valence-corrected chi connectivity index (χ4v) is 6.45. The second-order valence-electron chi connectivity index (χ2n) is 10.3. The van der Waals surface area contributed by atoms with Crippen LogP contribution >= 0.6 is 11.6 Å². The number of carbonyl (C=O) groups is 1. The predicted molar refractivity (Wildman–Crippen MR) is 151 cm³/mol. The van der Waals surface area contributed by atoms with Crippen molar-refractivity contribution in [1.82, 2.24) is 29.6 Å². The Hall–Kier alpha value is -4.73. The summed E-state index contributed by atoms with van der Waals surface area (Å²) in [7, 11) is 0. The fraction of sp³-hybridized carbons (Fsp3) is 0.241. The van der Waals surface area contributed by atoms with Crippen molar-refractivity contribution in [1.29, 1.82) is 0 Å². The molecule has 1 aliphatic heterocycles. The van der Waals surface area contributed by atoms with Crippen LogP contribution in [0.1, 0.15) is 41.2 Å². The monoisotopic (exact) mass is 567 g/mol. The minimum Gasteiger partial charge on any atom is -0.331 e. The number of imidazole rings is 1. The number of halogens is 2. The van der Waals surface area contributed by atoms with E-state index in [1.165, 1.54) is 12.4 Å². The zero-order valence-electron chi connectivity index (χ0n) is 21.7. The molecule has 1 aliphatic carbocycles. The van der Waals surface area contributed by atoms with Crippen LogP contribution in [0.15, 0.2) is 72.1 Å². The van der Waals surface area contributed by atoms with E-state index >= 15 is 4.39 Å². The van der Waals surface area contributed by atoms with Gasteiger partial charge in [0.25, 0.3) is 5.91 Å². The van der Waals surface area contributed by atoms with Crippen molar-refractivity contribution >= 4 is 28.5 Å². The number of aromatic nitrogens is 5.